The molecule has 0 saturated carbocycles. The molecule has 3 rings (SSSR count). The van der Waals surface area contributed by atoms with Gasteiger partial charge in [-0.05, 0) is 47.7 Å². The van der Waals surface area contributed by atoms with E-state index in [0.717, 1.165) is 18.0 Å². The highest BCUT2D eigenvalue weighted by molar-refractivity contribution is 8.00. The van der Waals surface area contributed by atoms with Gasteiger partial charge in [0.2, 0.25) is 0 Å². The molecule has 0 aliphatic carbocycles. The van der Waals surface area contributed by atoms with Crippen molar-refractivity contribution in [3.8, 4) is 0 Å². The Morgan fingerprint density at radius 1 is 1.06 bits per heavy atom. The summed E-state index contributed by atoms with van der Waals surface area (Å²) in [5.41, 5.74) is 4.79. The molecule has 0 unspecified atom stereocenters. The third kappa shape index (κ3) is 5.90. The first-order valence-electron chi connectivity index (χ1n) is 11.2. The summed E-state index contributed by atoms with van der Waals surface area (Å²) in [6, 6.07) is 15.0. The Morgan fingerprint density at radius 3 is 2.28 bits per heavy atom. The molecule has 0 saturated heterocycles. The van der Waals surface area contributed by atoms with Crippen LogP contribution in [0.4, 0.5) is 0 Å². The second kappa shape index (κ2) is 9.52. The fourth-order valence-corrected chi connectivity index (χ4v) is 5.25. The van der Waals surface area contributed by atoms with Crippen molar-refractivity contribution in [2.75, 3.05) is 0 Å². The molecular formula is C27H35ClN2OS. The van der Waals surface area contributed by atoms with Gasteiger partial charge in [-0.25, -0.2) is 0 Å². The average molecular weight is 471 g/mol. The first-order valence-corrected chi connectivity index (χ1v) is 12.4. The van der Waals surface area contributed by atoms with Crippen LogP contribution in [-0.2, 0) is 13.0 Å². The number of benzene rings is 2. The summed E-state index contributed by atoms with van der Waals surface area (Å²) in [7, 11) is 0. The number of aromatic nitrogens is 1. The molecule has 3 aromatic rings. The number of fused-ring (bicyclic) bond motifs is 1. The molecule has 0 aliphatic rings. The van der Waals surface area contributed by atoms with Crippen LogP contribution in [0.1, 0.15) is 71.2 Å². The van der Waals surface area contributed by atoms with Crippen LogP contribution in [0.3, 0.4) is 0 Å². The normalized spacial score (nSPS) is 13.0. The molecule has 3 nitrogen and oxygen atoms in total. The lowest BCUT2D eigenvalue weighted by atomic mass is 9.89. The van der Waals surface area contributed by atoms with Crippen molar-refractivity contribution in [3.63, 3.8) is 0 Å². The van der Waals surface area contributed by atoms with E-state index in [1.807, 2.05) is 23.9 Å². The summed E-state index contributed by atoms with van der Waals surface area (Å²) in [6.07, 6.45) is 2.41. The van der Waals surface area contributed by atoms with E-state index in [1.165, 1.54) is 32.6 Å². The Labute approximate surface area is 201 Å². The van der Waals surface area contributed by atoms with Gasteiger partial charge in [0.05, 0.1) is 0 Å². The molecule has 172 valence electrons. The molecule has 32 heavy (non-hydrogen) atoms. The van der Waals surface area contributed by atoms with Crippen molar-refractivity contribution in [2.24, 2.45) is 10.6 Å². The Kier molecular flexibility index (Phi) is 7.36. The highest BCUT2D eigenvalue weighted by atomic mass is 35.5. The van der Waals surface area contributed by atoms with E-state index in [0.29, 0.717) is 5.92 Å². The van der Waals surface area contributed by atoms with Gasteiger partial charge in [0.1, 0.15) is 0 Å². The van der Waals surface area contributed by atoms with Crippen LogP contribution in [0.25, 0.3) is 10.9 Å². The first-order chi connectivity index (χ1) is 14.9. The molecule has 0 aliphatic heterocycles. The average Bonchev–Trinajstić information content (AvgIpc) is 2.94. The van der Waals surface area contributed by atoms with Crippen molar-refractivity contribution < 1.29 is 5.21 Å². The van der Waals surface area contributed by atoms with Crippen molar-refractivity contribution in [1.29, 1.82) is 0 Å². The van der Waals surface area contributed by atoms with Crippen molar-refractivity contribution in [1.82, 2.24) is 4.57 Å². The van der Waals surface area contributed by atoms with Crippen molar-refractivity contribution in [2.45, 2.75) is 77.0 Å². The zero-order valence-corrected chi connectivity index (χ0v) is 21.8. The van der Waals surface area contributed by atoms with Gasteiger partial charge in [0, 0.05) is 49.4 Å². The van der Waals surface area contributed by atoms with E-state index in [-0.39, 0.29) is 10.2 Å². The Bertz CT molecular complexity index is 1110. The summed E-state index contributed by atoms with van der Waals surface area (Å²) >= 11 is 8.06. The zero-order chi connectivity index (χ0) is 23.7. The van der Waals surface area contributed by atoms with Gasteiger partial charge in [-0.15, -0.1) is 16.9 Å². The van der Waals surface area contributed by atoms with Gasteiger partial charge < -0.3 is 9.77 Å². The number of nitrogens with zero attached hydrogens (tertiary/aromatic N) is 2. The molecule has 5 heteroatoms. The predicted molar refractivity (Wildman–Crippen MR) is 140 cm³/mol. The molecule has 1 aromatic heterocycles. The molecule has 1 heterocycles. The monoisotopic (exact) mass is 470 g/mol. The number of hydrogen-bond donors (Lipinski definition) is 1. The minimum Gasteiger partial charge on any atom is -0.411 e. The Balaban J connectivity index is 2.28. The van der Waals surface area contributed by atoms with Gasteiger partial charge in [0.25, 0.3) is 0 Å². The van der Waals surface area contributed by atoms with E-state index in [9.17, 15) is 5.21 Å². The number of thioether (sulfide) groups is 1. The number of halogens is 1. The van der Waals surface area contributed by atoms with E-state index < -0.39 is 0 Å². The topological polar surface area (TPSA) is 37.5 Å². The molecule has 0 fully saturated rings. The van der Waals surface area contributed by atoms with Crippen LogP contribution in [0.2, 0.25) is 5.02 Å². The highest BCUT2D eigenvalue weighted by Gasteiger charge is 2.27. The smallest absolute Gasteiger partial charge is 0.0497 e. The summed E-state index contributed by atoms with van der Waals surface area (Å²) in [4.78, 5) is 1.32. The third-order valence-electron chi connectivity index (χ3n) is 5.50. The fourth-order valence-electron chi connectivity index (χ4n) is 3.94. The lowest BCUT2D eigenvalue weighted by molar-refractivity contribution is 0.313. The Hall–Kier alpha value is -1.91. The van der Waals surface area contributed by atoms with E-state index in [1.54, 1.807) is 6.21 Å². The summed E-state index contributed by atoms with van der Waals surface area (Å²) < 4.78 is 2.50. The molecule has 0 spiro atoms. The van der Waals surface area contributed by atoms with Crippen LogP contribution in [0.15, 0.2) is 52.5 Å². The number of rotatable bonds is 7. The van der Waals surface area contributed by atoms with Gasteiger partial charge in [-0.3, -0.25) is 0 Å². The van der Waals surface area contributed by atoms with Crippen LogP contribution in [0, 0.1) is 5.41 Å². The predicted octanol–water partition coefficient (Wildman–Crippen LogP) is 8.39. The lowest BCUT2D eigenvalue weighted by Crippen LogP contribution is -2.20. The molecule has 0 bridgehead atoms. The van der Waals surface area contributed by atoms with E-state index in [2.05, 4.69) is 88.5 Å². The summed E-state index contributed by atoms with van der Waals surface area (Å²) in [6.45, 7) is 16.3. The highest BCUT2D eigenvalue weighted by Crippen LogP contribution is 2.43. The zero-order valence-electron chi connectivity index (χ0n) is 20.2. The maximum absolute atomic E-state index is 9.25. The standard InChI is InChI=1S/C27H35ClN2OS/c1-18(2)20-10-13-23-22(14-20)25(32-26(3,4)5)24(15-27(6,7)17-29-31)30(23)16-19-8-11-21(28)12-9-19/h8-14,17-18,31H,15-16H2,1-7H3/b29-17+. The molecule has 0 radical (unpaired) electrons. The van der Waals surface area contributed by atoms with Gasteiger partial charge >= 0.3 is 0 Å². The molecule has 2 aromatic carbocycles. The minimum atomic E-state index is -0.283. The SMILES string of the molecule is CC(C)c1ccc2c(c1)c(SC(C)(C)C)c(CC(C)(C)/C=N/O)n2Cc1ccc(Cl)cc1. The maximum atomic E-state index is 9.25. The number of oxime groups is 1. The van der Waals surface area contributed by atoms with E-state index >= 15 is 0 Å². The van der Waals surface area contributed by atoms with Crippen LogP contribution >= 0.6 is 23.4 Å². The molecule has 1 N–H and O–H groups in total. The second-order valence-electron chi connectivity index (χ2n) is 10.5. The Morgan fingerprint density at radius 2 is 1.72 bits per heavy atom. The van der Waals surface area contributed by atoms with E-state index in [4.69, 9.17) is 11.6 Å². The van der Waals surface area contributed by atoms with Crippen LogP contribution in [0.5, 0.6) is 0 Å². The van der Waals surface area contributed by atoms with Crippen LogP contribution in [-0.4, -0.2) is 20.7 Å². The molecular weight excluding hydrogens is 436 g/mol. The van der Waals surface area contributed by atoms with Gasteiger partial charge in [-0.1, -0.05) is 78.3 Å². The van der Waals surface area contributed by atoms with Crippen LogP contribution < -0.4 is 0 Å². The molecule has 0 atom stereocenters. The van der Waals surface area contributed by atoms with Gasteiger partial charge in [-0.2, -0.15) is 0 Å². The summed E-state index contributed by atoms with van der Waals surface area (Å²) in [5, 5.41) is 14.7. The lowest BCUT2D eigenvalue weighted by Gasteiger charge is -2.24. The fraction of sp³-hybridized carbons (Fsp3) is 0.444. The number of hydrogen-bond acceptors (Lipinski definition) is 3. The minimum absolute atomic E-state index is 0.0666. The molecule has 0 amide bonds. The quantitative estimate of drug-likeness (QED) is 0.163. The van der Waals surface area contributed by atoms with Gasteiger partial charge in [0.15, 0.2) is 0 Å². The third-order valence-corrected chi connectivity index (χ3v) is 7.03. The largest absolute Gasteiger partial charge is 0.411 e. The first kappa shape index (κ1) is 24.7. The van der Waals surface area contributed by atoms with Crippen molar-refractivity contribution >= 4 is 40.5 Å². The van der Waals surface area contributed by atoms with Crippen molar-refractivity contribution in [3.05, 3.63) is 64.3 Å². The second-order valence-corrected chi connectivity index (χ2v) is 12.8. The summed E-state index contributed by atoms with van der Waals surface area (Å²) in [5.74, 6) is 0.466. The maximum Gasteiger partial charge on any atom is 0.0497 e.